The Labute approximate surface area is 265 Å². The number of halogens is 2. The van der Waals surface area contributed by atoms with E-state index in [1.165, 1.54) is 23.3 Å². The van der Waals surface area contributed by atoms with Gasteiger partial charge in [-0.15, -0.1) is 0 Å². The van der Waals surface area contributed by atoms with Crippen LogP contribution in [-0.2, 0) is 0 Å². The summed E-state index contributed by atoms with van der Waals surface area (Å²) in [7, 11) is 0. The summed E-state index contributed by atoms with van der Waals surface area (Å²) < 4.78 is 37.2. The quantitative estimate of drug-likeness (QED) is 0.195. The summed E-state index contributed by atoms with van der Waals surface area (Å²) >= 11 is 0. The van der Waals surface area contributed by atoms with E-state index in [0.29, 0.717) is 22.3 Å². The SMILES string of the molecule is CC(C)c1cccc(C(C)C)c1-n1c(-c2cccc3c2oc2cc(-c4cc(F)cc(F)c4)ccc23)nc2ccc3ccccc3c21. The first kappa shape index (κ1) is 28.2. The molecule has 0 saturated carbocycles. The van der Waals surface area contributed by atoms with Crippen molar-refractivity contribution in [2.45, 2.75) is 39.5 Å². The molecule has 0 radical (unpaired) electrons. The van der Waals surface area contributed by atoms with E-state index in [2.05, 4.69) is 99.0 Å². The fraction of sp³-hybridized carbons (Fsp3) is 0.146. The van der Waals surface area contributed by atoms with E-state index >= 15 is 0 Å². The van der Waals surface area contributed by atoms with Crippen LogP contribution in [0.2, 0.25) is 0 Å². The summed E-state index contributed by atoms with van der Waals surface area (Å²) in [6.07, 6.45) is 0. The van der Waals surface area contributed by atoms with Gasteiger partial charge in [0.05, 0.1) is 22.3 Å². The lowest BCUT2D eigenvalue weighted by Crippen LogP contribution is -2.08. The van der Waals surface area contributed by atoms with Crippen molar-refractivity contribution in [3.05, 3.63) is 132 Å². The average molecular weight is 607 g/mol. The first-order chi connectivity index (χ1) is 22.3. The molecule has 226 valence electrons. The van der Waals surface area contributed by atoms with Gasteiger partial charge in [0, 0.05) is 22.2 Å². The highest BCUT2D eigenvalue weighted by molar-refractivity contribution is 6.12. The first-order valence-electron chi connectivity index (χ1n) is 15.7. The van der Waals surface area contributed by atoms with Crippen molar-refractivity contribution in [3.63, 3.8) is 0 Å². The van der Waals surface area contributed by atoms with Gasteiger partial charge >= 0.3 is 0 Å². The topological polar surface area (TPSA) is 31.0 Å². The average Bonchev–Trinajstić information content (AvgIpc) is 3.62. The summed E-state index contributed by atoms with van der Waals surface area (Å²) in [4.78, 5) is 5.33. The Morgan fingerprint density at radius 2 is 1.33 bits per heavy atom. The predicted molar refractivity (Wildman–Crippen MR) is 185 cm³/mol. The van der Waals surface area contributed by atoms with Crippen LogP contribution in [0, 0.1) is 11.6 Å². The monoisotopic (exact) mass is 606 g/mol. The lowest BCUT2D eigenvalue weighted by atomic mass is 9.92. The molecule has 8 aromatic rings. The molecule has 0 amide bonds. The molecule has 6 aromatic carbocycles. The van der Waals surface area contributed by atoms with E-state index in [-0.39, 0.29) is 11.8 Å². The van der Waals surface area contributed by atoms with Gasteiger partial charge in [-0.2, -0.15) is 0 Å². The fourth-order valence-corrected chi connectivity index (χ4v) is 6.88. The normalized spacial score (nSPS) is 12.1. The van der Waals surface area contributed by atoms with Gasteiger partial charge in [-0.25, -0.2) is 13.8 Å². The maximum atomic E-state index is 14.1. The lowest BCUT2D eigenvalue weighted by Gasteiger charge is -2.23. The maximum absolute atomic E-state index is 14.1. The number of rotatable bonds is 5. The molecule has 0 aliphatic rings. The summed E-state index contributed by atoms with van der Waals surface area (Å²) in [5.41, 5.74) is 9.00. The van der Waals surface area contributed by atoms with Gasteiger partial charge in [-0.1, -0.05) is 94.4 Å². The van der Waals surface area contributed by atoms with Crippen LogP contribution in [0.15, 0.2) is 114 Å². The van der Waals surface area contributed by atoms with E-state index in [4.69, 9.17) is 9.40 Å². The van der Waals surface area contributed by atoms with Crippen molar-refractivity contribution in [2.75, 3.05) is 0 Å². The van der Waals surface area contributed by atoms with Gasteiger partial charge in [-0.3, -0.25) is 4.57 Å². The van der Waals surface area contributed by atoms with Crippen LogP contribution >= 0.6 is 0 Å². The molecule has 2 aromatic heterocycles. The van der Waals surface area contributed by atoms with Crippen LogP contribution in [0.3, 0.4) is 0 Å². The minimum absolute atomic E-state index is 0.280. The number of fused-ring (bicyclic) bond motifs is 6. The van der Waals surface area contributed by atoms with Crippen LogP contribution in [0.1, 0.15) is 50.7 Å². The molecule has 3 nitrogen and oxygen atoms in total. The highest BCUT2D eigenvalue weighted by atomic mass is 19.1. The largest absolute Gasteiger partial charge is 0.455 e. The molecular formula is C41H32F2N2O. The first-order valence-corrected chi connectivity index (χ1v) is 15.7. The number of benzene rings is 6. The molecule has 0 saturated heterocycles. The van der Waals surface area contributed by atoms with Gasteiger partial charge in [0.25, 0.3) is 0 Å². The van der Waals surface area contributed by atoms with Crippen LogP contribution in [0.4, 0.5) is 8.78 Å². The lowest BCUT2D eigenvalue weighted by molar-refractivity contribution is 0.584. The van der Waals surface area contributed by atoms with Crippen molar-refractivity contribution in [1.29, 1.82) is 0 Å². The van der Waals surface area contributed by atoms with Crippen molar-refractivity contribution >= 4 is 43.7 Å². The number of hydrogen-bond donors (Lipinski definition) is 0. The highest BCUT2D eigenvalue weighted by Gasteiger charge is 2.25. The van der Waals surface area contributed by atoms with E-state index in [1.807, 2.05) is 24.3 Å². The van der Waals surface area contributed by atoms with Gasteiger partial charge in [0.2, 0.25) is 0 Å². The zero-order valence-corrected chi connectivity index (χ0v) is 26.1. The number of hydrogen-bond acceptors (Lipinski definition) is 2. The molecule has 0 fully saturated rings. The number of nitrogens with zero attached hydrogens (tertiary/aromatic N) is 2. The summed E-state index contributed by atoms with van der Waals surface area (Å²) in [5, 5.41) is 4.17. The second-order valence-electron chi connectivity index (χ2n) is 12.7. The molecule has 0 aliphatic carbocycles. The second-order valence-corrected chi connectivity index (χ2v) is 12.7. The number of furan rings is 1. The molecule has 0 atom stereocenters. The molecule has 0 spiro atoms. The zero-order chi connectivity index (χ0) is 31.7. The van der Waals surface area contributed by atoms with Crippen molar-refractivity contribution < 1.29 is 13.2 Å². The Morgan fingerprint density at radius 3 is 2.07 bits per heavy atom. The molecule has 46 heavy (non-hydrogen) atoms. The minimum atomic E-state index is -0.615. The van der Waals surface area contributed by atoms with Crippen LogP contribution in [0.5, 0.6) is 0 Å². The van der Waals surface area contributed by atoms with Crippen molar-refractivity contribution in [3.8, 4) is 28.2 Å². The second kappa shape index (κ2) is 10.7. The van der Waals surface area contributed by atoms with Crippen molar-refractivity contribution in [2.24, 2.45) is 0 Å². The molecule has 8 rings (SSSR count). The summed E-state index contributed by atoms with van der Waals surface area (Å²) in [6, 6.07) is 34.7. The zero-order valence-electron chi connectivity index (χ0n) is 26.1. The molecule has 0 aliphatic heterocycles. The third-order valence-corrected chi connectivity index (χ3v) is 9.04. The smallest absolute Gasteiger partial charge is 0.149 e. The van der Waals surface area contributed by atoms with Gasteiger partial charge < -0.3 is 4.42 Å². The van der Waals surface area contributed by atoms with Gasteiger partial charge in [-0.05, 0) is 75.9 Å². The Hall–Kier alpha value is -5.29. The highest BCUT2D eigenvalue weighted by Crippen LogP contribution is 2.43. The van der Waals surface area contributed by atoms with E-state index < -0.39 is 11.6 Å². The number of para-hydroxylation sites is 2. The molecule has 0 bridgehead atoms. The van der Waals surface area contributed by atoms with Crippen molar-refractivity contribution in [1.82, 2.24) is 9.55 Å². The summed E-state index contributed by atoms with van der Waals surface area (Å²) in [5.74, 6) is 0.134. The Bertz CT molecular complexity index is 2420. The number of imidazole rings is 1. The van der Waals surface area contributed by atoms with Crippen LogP contribution in [0.25, 0.3) is 71.9 Å². The van der Waals surface area contributed by atoms with Gasteiger partial charge in [0.1, 0.15) is 28.6 Å². The van der Waals surface area contributed by atoms with E-state index in [1.54, 1.807) is 0 Å². The summed E-state index contributed by atoms with van der Waals surface area (Å²) in [6.45, 7) is 8.95. The standard InChI is InChI=1S/C41H32F2N2O/c1-23(2)30-11-7-12-31(24(3)4)38(30)45-39-32-10-6-5-9-25(32)16-18-36(39)44-41(45)35-14-8-13-34-33-17-15-26(21-37(33)46-40(34)35)27-19-28(42)22-29(43)20-27/h5-24H,1-4H3. The third-order valence-electron chi connectivity index (χ3n) is 9.04. The molecular weight excluding hydrogens is 574 g/mol. The maximum Gasteiger partial charge on any atom is 0.149 e. The van der Waals surface area contributed by atoms with Crippen LogP contribution in [-0.4, -0.2) is 9.55 Å². The fourth-order valence-electron chi connectivity index (χ4n) is 6.88. The van der Waals surface area contributed by atoms with Gasteiger partial charge in [0.15, 0.2) is 0 Å². The number of aromatic nitrogens is 2. The Balaban J connectivity index is 1.46. The minimum Gasteiger partial charge on any atom is -0.455 e. The van der Waals surface area contributed by atoms with E-state index in [9.17, 15) is 8.78 Å². The molecule has 0 N–H and O–H groups in total. The predicted octanol–water partition coefficient (Wildman–Crippen LogP) is 11.9. The molecule has 2 heterocycles. The Morgan fingerprint density at radius 1 is 0.630 bits per heavy atom. The van der Waals surface area contributed by atoms with Crippen LogP contribution < -0.4 is 0 Å². The molecule has 5 heteroatoms. The Kier molecular flexibility index (Phi) is 6.54. The third kappa shape index (κ3) is 4.41. The molecule has 0 unspecified atom stereocenters. The van der Waals surface area contributed by atoms with E-state index in [0.717, 1.165) is 55.7 Å².